The van der Waals surface area contributed by atoms with Crippen LogP contribution in [0.5, 0.6) is 0 Å². The van der Waals surface area contributed by atoms with E-state index in [2.05, 4.69) is 26.2 Å². The number of aromatic nitrogens is 1. The first kappa shape index (κ1) is 19.4. The summed E-state index contributed by atoms with van der Waals surface area (Å²) in [7, 11) is 0. The molecule has 1 aromatic heterocycles. The molecule has 1 aromatic rings. The molecule has 2 saturated heterocycles. The third-order valence-electron chi connectivity index (χ3n) is 5.82. The lowest BCUT2D eigenvalue weighted by molar-refractivity contribution is -0.138. The van der Waals surface area contributed by atoms with E-state index in [-0.39, 0.29) is 29.6 Å². The lowest BCUT2D eigenvalue weighted by Gasteiger charge is -2.33. The summed E-state index contributed by atoms with van der Waals surface area (Å²) in [5.41, 5.74) is 0. The molecule has 2 atom stereocenters. The van der Waals surface area contributed by atoms with Gasteiger partial charge in [-0.25, -0.2) is 4.98 Å². The van der Waals surface area contributed by atoms with Crippen LogP contribution in [0.2, 0.25) is 0 Å². The molecule has 7 nitrogen and oxygen atoms in total. The van der Waals surface area contributed by atoms with E-state index in [1.54, 1.807) is 17.2 Å². The fourth-order valence-electron chi connectivity index (χ4n) is 4.05. The Kier molecular flexibility index (Phi) is 5.66. The molecular formula is C20H25BrN4O3. The summed E-state index contributed by atoms with van der Waals surface area (Å²) in [6.45, 7) is 2.40. The lowest BCUT2D eigenvalue weighted by Crippen LogP contribution is -2.46. The molecule has 4 rings (SSSR count). The van der Waals surface area contributed by atoms with E-state index in [0.717, 1.165) is 23.9 Å². The number of pyridine rings is 1. The monoisotopic (exact) mass is 448 g/mol. The molecule has 0 unspecified atom stereocenters. The van der Waals surface area contributed by atoms with Crippen molar-refractivity contribution in [2.75, 3.05) is 31.5 Å². The number of carbonyl (C=O) groups excluding carboxylic acids is 3. The third kappa shape index (κ3) is 4.54. The Morgan fingerprint density at radius 1 is 1.18 bits per heavy atom. The van der Waals surface area contributed by atoms with Gasteiger partial charge < -0.3 is 15.1 Å². The summed E-state index contributed by atoms with van der Waals surface area (Å²) in [5, 5.41) is 2.84. The van der Waals surface area contributed by atoms with Crippen LogP contribution in [0, 0.1) is 17.8 Å². The summed E-state index contributed by atoms with van der Waals surface area (Å²) < 4.78 is 0.849. The van der Waals surface area contributed by atoms with Gasteiger partial charge in [0.05, 0.1) is 11.8 Å². The zero-order valence-corrected chi connectivity index (χ0v) is 17.4. The van der Waals surface area contributed by atoms with Crippen LogP contribution in [0.15, 0.2) is 22.8 Å². The number of amides is 3. The second-order valence-corrected chi connectivity index (χ2v) is 9.03. The molecule has 150 valence electrons. The highest BCUT2D eigenvalue weighted by molar-refractivity contribution is 9.10. The molecule has 3 fully saturated rings. The van der Waals surface area contributed by atoms with Crippen molar-refractivity contribution in [3.05, 3.63) is 22.8 Å². The first-order valence-corrected chi connectivity index (χ1v) is 10.8. The Morgan fingerprint density at radius 2 is 2.00 bits per heavy atom. The number of carbonyl (C=O) groups is 3. The Balaban J connectivity index is 1.32. The third-order valence-corrected chi connectivity index (χ3v) is 6.29. The van der Waals surface area contributed by atoms with E-state index in [1.807, 2.05) is 11.0 Å². The number of nitrogens with one attached hydrogen (secondary N) is 1. The number of nitrogens with zero attached hydrogens (tertiary/aromatic N) is 3. The normalized spacial score (nSPS) is 25.1. The minimum Gasteiger partial charge on any atom is -0.342 e. The Bertz CT molecular complexity index is 765. The maximum Gasteiger partial charge on any atom is 0.230 e. The molecule has 28 heavy (non-hydrogen) atoms. The number of anilines is 1. The van der Waals surface area contributed by atoms with Gasteiger partial charge in [-0.3, -0.25) is 14.4 Å². The molecule has 0 spiro atoms. The SMILES string of the molecule is O=C(Nc1ccc(Br)cn1)[C@@H]1CCCN(C(=O)[C@@H]2CC(=O)N(CC3CC3)C2)C1. The van der Waals surface area contributed by atoms with Crippen LogP contribution in [-0.4, -0.2) is 58.7 Å². The molecule has 1 saturated carbocycles. The second-order valence-electron chi connectivity index (χ2n) is 8.12. The first-order valence-electron chi connectivity index (χ1n) is 9.98. The van der Waals surface area contributed by atoms with Gasteiger partial charge in [0, 0.05) is 43.3 Å². The van der Waals surface area contributed by atoms with Crippen molar-refractivity contribution >= 4 is 39.5 Å². The summed E-state index contributed by atoms with van der Waals surface area (Å²) in [6, 6.07) is 3.57. The minimum absolute atomic E-state index is 0.0194. The molecule has 0 aromatic carbocycles. The van der Waals surface area contributed by atoms with Gasteiger partial charge in [-0.05, 0) is 59.7 Å². The fourth-order valence-corrected chi connectivity index (χ4v) is 4.29. The van der Waals surface area contributed by atoms with Crippen LogP contribution in [0.4, 0.5) is 5.82 Å². The van der Waals surface area contributed by atoms with Gasteiger partial charge in [-0.15, -0.1) is 0 Å². The van der Waals surface area contributed by atoms with E-state index in [4.69, 9.17) is 0 Å². The van der Waals surface area contributed by atoms with Crippen molar-refractivity contribution in [1.82, 2.24) is 14.8 Å². The first-order chi connectivity index (χ1) is 13.5. The van der Waals surface area contributed by atoms with Crippen LogP contribution in [-0.2, 0) is 14.4 Å². The average Bonchev–Trinajstić information content (AvgIpc) is 3.44. The summed E-state index contributed by atoms with van der Waals surface area (Å²) in [4.78, 5) is 45.6. The zero-order chi connectivity index (χ0) is 19.7. The topological polar surface area (TPSA) is 82.6 Å². The van der Waals surface area contributed by atoms with Gasteiger partial charge in [0.2, 0.25) is 17.7 Å². The van der Waals surface area contributed by atoms with E-state index in [0.29, 0.717) is 37.8 Å². The largest absolute Gasteiger partial charge is 0.342 e. The molecule has 8 heteroatoms. The predicted octanol–water partition coefficient (Wildman–Crippen LogP) is 2.28. The summed E-state index contributed by atoms with van der Waals surface area (Å²) in [5.74, 6) is 0.639. The van der Waals surface area contributed by atoms with Crippen molar-refractivity contribution in [3.63, 3.8) is 0 Å². The second kappa shape index (κ2) is 8.19. The van der Waals surface area contributed by atoms with Gasteiger partial charge in [0.1, 0.15) is 5.82 Å². The quantitative estimate of drug-likeness (QED) is 0.748. The van der Waals surface area contributed by atoms with Crippen molar-refractivity contribution in [2.45, 2.75) is 32.1 Å². The molecule has 2 aliphatic heterocycles. The maximum atomic E-state index is 13.0. The fraction of sp³-hybridized carbons (Fsp3) is 0.600. The molecular weight excluding hydrogens is 424 g/mol. The number of rotatable bonds is 5. The van der Waals surface area contributed by atoms with E-state index in [9.17, 15) is 14.4 Å². The predicted molar refractivity (Wildman–Crippen MR) is 107 cm³/mol. The van der Waals surface area contributed by atoms with Gasteiger partial charge >= 0.3 is 0 Å². The number of likely N-dealkylation sites (tertiary alicyclic amines) is 2. The number of halogens is 1. The highest BCUT2D eigenvalue weighted by Crippen LogP contribution is 2.32. The van der Waals surface area contributed by atoms with Gasteiger partial charge in [0.15, 0.2) is 0 Å². The van der Waals surface area contributed by atoms with Crippen molar-refractivity contribution in [3.8, 4) is 0 Å². The molecule has 0 bridgehead atoms. The molecule has 3 aliphatic rings. The van der Waals surface area contributed by atoms with Gasteiger partial charge in [0.25, 0.3) is 0 Å². The molecule has 3 amide bonds. The molecule has 1 aliphatic carbocycles. The minimum atomic E-state index is -0.263. The standard InChI is InChI=1S/C20H25BrN4O3/c21-16-5-6-17(22-9-16)23-19(27)14-2-1-7-24(11-14)20(28)15-8-18(26)25(12-15)10-13-3-4-13/h5-6,9,13-15H,1-4,7-8,10-12H2,(H,22,23,27)/t14-,15-/m1/s1. The number of hydrogen-bond acceptors (Lipinski definition) is 4. The van der Waals surface area contributed by atoms with E-state index >= 15 is 0 Å². The lowest BCUT2D eigenvalue weighted by atomic mass is 9.95. The Hall–Kier alpha value is -1.96. The summed E-state index contributed by atoms with van der Waals surface area (Å²) in [6.07, 6.45) is 5.88. The van der Waals surface area contributed by atoms with Gasteiger partial charge in [-0.2, -0.15) is 0 Å². The van der Waals surface area contributed by atoms with E-state index < -0.39 is 0 Å². The van der Waals surface area contributed by atoms with Crippen LogP contribution >= 0.6 is 15.9 Å². The van der Waals surface area contributed by atoms with Crippen LogP contribution in [0.1, 0.15) is 32.1 Å². The van der Waals surface area contributed by atoms with Gasteiger partial charge in [-0.1, -0.05) is 0 Å². The van der Waals surface area contributed by atoms with Crippen molar-refractivity contribution < 1.29 is 14.4 Å². The molecule has 3 heterocycles. The van der Waals surface area contributed by atoms with Crippen LogP contribution in [0.25, 0.3) is 0 Å². The Labute approximate surface area is 173 Å². The van der Waals surface area contributed by atoms with Crippen molar-refractivity contribution in [1.29, 1.82) is 0 Å². The number of hydrogen-bond donors (Lipinski definition) is 1. The Morgan fingerprint density at radius 3 is 2.71 bits per heavy atom. The average molecular weight is 449 g/mol. The van der Waals surface area contributed by atoms with Crippen LogP contribution in [0.3, 0.4) is 0 Å². The molecule has 0 radical (unpaired) electrons. The zero-order valence-electron chi connectivity index (χ0n) is 15.8. The number of piperidine rings is 1. The highest BCUT2D eigenvalue weighted by atomic mass is 79.9. The highest BCUT2D eigenvalue weighted by Gasteiger charge is 2.40. The van der Waals surface area contributed by atoms with Crippen molar-refractivity contribution in [2.24, 2.45) is 17.8 Å². The maximum absolute atomic E-state index is 13.0. The molecule has 1 N–H and O–H groups in total. The van der Waals surface area contributed by atoms with Crippen LogP contribution < -0.4 is 5.32 Å². The van der Waals surface area contributed by atoms with E-state index in [1.165, 1.54) is 12.8 Å². The summed E-state index contributed by atoms with van der Waals surface area (Å²) >= 11 is 3.32. The smallest absolute Gasteiger partial charge is 0.230 e.